The highest BCUT2D eigenvalue weighted by molar-refractivity contribution is 6.26. The molecular weight excluding hydrogens is 551 g/mol. The molecule has 0 saturated heterocycles. The molecule has 0 aliphatic heterocycles. The summed E-state index contributed by atoms with van der Waals surface area (Å²) in [4.78, 5) is 30.9. The van der Waals surface area contributed by atoms with Gasteiger partial charge in [0.15, 0.2) is 11.5 Å². The lowest BCUT2D eigenvalue weighted by atomic mass is 10.1. The van der Waals surface area contributed by atoms with Gasteiger partial charge in [0.05, 0.1) is 19.7 Å². The van der Waals surface area contributed by atoms with Crippen LogP contribution in [0.2, 0.25) is 0 Å². The van der Waals surface area contributed by atoms with Gasteiger partial charge in [-0.25, -0.2) is 4.39 Å². The van der Waals surface area contributed by atoms with Crippen LogP contribution in [0.3, 0.4) is 0 Å². The number of rotatable bonds is 11. The number of benzene rings is 3. The number of halogens is 1. The zero-order valence-corrected chi connectivity index (χ0v) is 24.4. The molecule has 1 aliphatic rings. The Hall–Kier alpha value is -5.12. The average molecular weight is 585 g/mol. The number of anilines is 2. The van der Waals surface area contributed by atoms with Gasteiger partial charge in [0.1, 0.15) is 22.9 Å². The van der Waals surface area contributed by atoms with Gasteiger partial charge < -0.3 is 30.2 Å². The summed E-state index contributed by atoms with van der Waals surface area (Å²) in [6.07, 6.45) is 5.06. The standard InChI is InChI=1S/C33H33FN4O5/c1-19(2)36-18-26(32(39)37-22-9-7-21(34)8-10-22)33(40)38-23-11-12-28(24(15-23)20-5-6-20)43-29-13-14-35-27-17-31(42-4)30(41-3)16-25(27)29/h7-20,36H,5-6H2,1-4H3,(H,37,39)(H,38,40)/b26-18+. The zero-order valence-electron chi connectivity index (χ0n) is 24.4. The SMILES string of the molecule is COc1cc2nccc(Oc3ccc(NC(=O)/C(=C/NC(C)C)C(=O)Nc4ccc(F)cc4)cc3C3CC3)c2cc1OC. The van der Waals surface area contributed by atoms with Gasteiger partial charge in [-0.2, -0.15) is 0 Å². The third-order valence-electron chi connectivity index (χ3n) is 6.86. The first-order valence-corrected chi connectivity index (χ1v) is 13.9. The maximum atomic E-state index is 13.3. The molecule has 9 nitrogen and oxygen atoms in total. The summed E-state index contributed by atoms with van der Waals surface area (Å²) < 4.78 is 30.6. The summed E-state index contributed by atoms with van der Waals surface area (Å²) in [5, 5.41) is 9.27. The molecule has 222 valence electrons. The number of fused-ring (bicyclic) bond motifs is 1. The van der Waals surface area contributed by atoms with Gasteiger partial charge in [-0.1, -0.05) is 0 Å². The lowest BCUT2D eigenvalue weighted by Gasteiger charge is -2.16. The van der Waals surface area contributed by atoms with Crippen molar-refractivity contribution in [3.63, 3.8) is 0 Å². The Balaban J connectivity index is 1.39. The molecule has 1 fully saturated rings. The molecule has 0 bridgehead atoms. The Morgan fingerprint density at radius 3 is 2.16 bits per heavy atom. The van der Waals surface area contributed by atoms with E-state index in [9.17, 15) is 14.0 Å². The van der Waals surface area contributed by atoms with E-state index in [2.05, 4.69) is 20.9 Å². The molecule has 1 heterocycles. The second-order valence-corrected chi connectivity index (χ2v) is 10.5. The number of hydrogen-bond donors (Lipinski definition) is 3. The summed E-state index contributed by atoms with van der Waals surface area (Å²) in [7, 11) is 3.15. The van der Waals surface area contributed by atoms with Gasteiger partial charge in [0.2, 0.25) is 0 Å². The fraction of sp³-hybridized carbons (Fsp3) is 0.242. The van der Waals surface area contributed by atoms with E-state index < -0.39 is 17.6 Å². The highest BCUT2D eigenvalue weighted by Crippen LogP contribution is 2.47. The normalized spacial score (nSPS) is 13.0. The van der Waals surface area contributed by atoms with Crippen molar-refractivity contribution in [2.75, 3.05) is 24.9 Å². The van der Waals surface area contributed by atoms with Crippen LogP contribution in [-0.2, 0) is 9.59 Å². The predicted molar refractivity (Wildman–Crippen MR) is 163 cm³/mol. The van der Waals surface area contributed by atoms with E-state index in [4.69, 9.17) is 14.2 Å². The molecule has 1 aromatic heterocycles. The number of methoxy groups -OCH3 is 2. The number of amides is 2. The second-order valence-electron chi connectivity index (χ2n) is 10.5. The highest BCUT2D eigenvalue weighted by Gasteiger charge is 2.28. The molecule has 0 radical (unpaired) electrons. The molecule has 0 unspecified atom stereocenters. The second kappa shape index (κ2) is 12.8. The average Bonchev–Trinajstić information content (AvgIpc) is 3.84. The van der Waals surface area contributed by atoms with Crippen LogP contribution in [0.4, 0.5) is 15.8 Å². The van der Waals surface area contributed by atoms with Crippen molar-refractivity contribution in [3.05, 3.63) is 90.0 Å². The molecule has 3 N–H and O–H groups in total. The monoisotopic (exact) mass is 584 g/mol. The Bertz CT molecular complexity index is 1680. The van der Waals surface area contributed by atoms with Crippen LogP contribution in [0.25, 0.3) is 10.9 Å². The molecule has 5 rings (SSSR count). The zero-order chi connectivity index (χ0) is 30.5. The van der Waals surface area contributed by atoms with E-state index in [0.717, 1.165) is 23.8 Å². The van der Waals surface area contributed by atoms with Crippen LogP contribution < -0.4 is 30.2 Å². The smallest absolute Gasteiger partial charge is 0.262 e. The third-order valence-corrected chi connectivity index (χ3v) is 6.86. The number of hydrogen-bond acceptors (Lipinski definition) is 7. The maximum absolute atomic E-state index is 13.3. The number of aromatic nitrogens is 1. The molecule has 43 heavy (non-hydrogen) atoms. The van der Waals surface area contributed by atoms with Crippen molar-refractivity contribution in [3.8, 4) is 23.0 Å². The van der Waals surface area contributed by atoms with Crippen molar-refractivity contribution in [1.29, 1.82) is 0 Å². The van der Waals surface area contributed by atoms with Crippen molar-refractivity contribution in [1.82, 2.24) is 10.3 Å². The lowest BCUT2D eigenvalue weighted by Crippen LogP contribution is -2.28. The number of nitrogens with zero attached hydrogens (tertiary/aromatic N) is 1. The number of nitrogens with one attached hydrogen (secondary N) is 3. The van der Waals surface area contributed by atoms with E-state index in [0.29, 0.717) is 39.9 Å². The van der Waals surface area contributed by atoms with Crippen molar-refractivity contribution < 1.29 is 28.2 Å². The molecule has 2 amide bonds. The molecule has 0 spiro atoms. The molecule has 3 aromatic carbocycles. The van der Waals surface area contributed by atoms with E-state index in [1.54, 1.807) is 38.6 Å². The van der Waals surface area contributed by atoms with Gasteiger partial charge in [-0.05, 0) is 92.8 Å². The van der Waals surface area contributed by atoms with Crippen LogP contribution in [0, 0.1) is 5.82 Å². The third kappa shape index (κ3) is 7.03. The minimum atomic E-state index is -0.628. The number of ether oxygens (including phenoxy) is 3. The first-order valence-electron chi connectivity index (χ1n) is 13.9. The molecule has 10 heteroatoms. The fourth-order valence-electron chi connectivity index (χ4n) is 4.50. The molecular formula is C33H33FN4O5. The first-order chi connectivity index (χ1) is 20.7. The lowest BCUT2D eigenvalue weighted by molar-refractivity contribution is -0.118. The van der Waals surface area contributed by atoms with E-state index >= 15 is 0 Å². The Kier molecular flexibility index (Phi) is 8.75. The van der Waals surface area contributed by atoms with Crippen molar-refractivity contribution >= 4 is 34.1 Å². The summed E-state index contributed by atoms with van der Waals surface area (Å²) >= 11 is 0. The van der Waals surface area contributed by atoms with Gasteiger partial charge in [0.25, 0.3) is 11.8 Å². The number of carbonyl (C=O) groups is 2. The first kappa shape index (κ1) is 29.4. The van der Waals surface area contributed by atoms with Crippen LogP contribution in [0.15, 0.2) is 78.6 Å². The van der Waals surface area contributed by atoms with Crippen molar-refractivity contribution in [2.45, 2.75) is 38.6 Å². The van der Waals surface area contributed by atoms with Crippen LogP contribution in [-0.4, -0.2) is 37.1 Å². The van der Waals surface area contributed by atoms with Crippen LogP contribution in [0.5, 0.6) is 23.0 Å². The Morgan fingerprint density at radius 2 is 1.51 bits per heavy atom. The van der Waals surface area contributed by atoms with Gasteiger partial charge in [0, 0.05) is 41.3 Å². The summed E-state index contributed by atoms with van der Waals surface area (Å²) in [5.41, 5.74) is 2.41. The summed E-state index contributed by atoms with van der Waals surface area (Å²) in [6, 6.07) is 16.2. The minimum Gasteiger partial charge on any atom is -0.493 e. The van der Waals surface area contributed by atoms with Gasteiger partial charge >= 0.3 is 0 Å². The van der Waals surface area contributed by atoms with Gasteiger partial charge in [-0.3, -0.25) is 14.6 Å². The van der Waals surface area contributed by atoms with E-state index in [1.807, 2.05) is 32.0 Å². The predicted octanol–water partition coefficient (Wildman–Crippen LogP) is 6.52. The molecule has 1 aliphatic carbocycles. The van der Waals surface area contributed by atoms with Gasteiger partial charge in [-0.15, -0.1) is 0 Å². The van der Waals surface area contributed by atoms with E-state index in [1.165, 1.54) is 30.5 Å². The largest absolute Gasteiger partial charge is 0.493 e. The quantitative estimate of drug-likeness (QED) is 0.105. The molecule has 4 aromatic rings. The highest BCUT2D eigenvalue weighted by atomic mass is 19.1. The van der Waals surface area contributed by atoms with Crippen molar-refractivity contribution in [2.24, 2.45) is 0 Å². The Morgan fingerprint density at radius 1 is 0.860 bits per heavy atom. The van der Waals surface area contributed by atoms with E-state index in [-0.39, 0.29) is 17.5 Å². The minimum absolute atomic E-state index is 0.00959. The molecule has 1 saturated carbocycles. The number of carbonyl (C=O) groups excluding carboxylic acids is 2. The number of pyridine rings is 1. The van der Waals surface area contributed by atoms with Crippen LogP contribution in [0.1, 0.15) is 38.2 Å². The molecule has 0 atom stereocenters. The summed E-state index contributed by atoms with van der Waals surface area (Å²) in [5.74, 6) is 1.04. The summed E-state index contributed by atoms with van der Waals surface area (Å²) in [6.45, 7) is 3.78. The Labute approximate surface area is 249 Å². The topological polar surface area (TPSA) is 111 Å². The van der Waals surface area contributed by atoms with Crippen LogP contribution >= 0.6 is 0 Å². The maximum Gasteiger partial charge on any atom is 0.262 e. The fourth-order valence-corrected chi connectivity index (χ4v) is 4.50.